The van der Waals surface area contributed by atoms with Gasteiger partial charge in [0.15, 0.2) is 0 Å². The van der Waals surface area contributed by atoms with E-state index in [2.05, 4.69) is 163 Å². The SMILES string of the molecule is [2H]c1c([2H])c(C(C)(C)C)c([2H])c([2H])c1-c1cc(Oc2[c-]c3c(cc2)c2ccccc2n3-c2cc(C(C)(C)C)ccn2)[c-]c(N2[CH-]N(c3c(-c4ccc(F)cc4)cc(-c4ccccc4)cc3-c3cc(C(C)(C)C)cc(C(C)(C)C)c3)c3ccccc32)c1.[Pt]. The zero-order chi connectivity index (χ0) is 60.9. The van der Waals surface area contributed by atoms with E-state index in [1.54, 1.807) is 6.07 Å². The molecule has 1 aliphatic heterocycles. The molecule has 0 aliphatic carbocycles. The minimum absolute atomic E-state index is 0. The van der Waals surface area contributed by atoms with Crippen molar-refractivity contribution < 1.29 is 35.7 Å². The van der Waals surface area contributed by atoms with E-state index in [0.29, 0.717) is 22.6 Å². The number of hydrogen-bond donors (Lipinski definition) is 0. The van der Waals surface area contributed by atoms with E-state index < -0.39 is 5.41 Å². The molecule has 0 fully saturated rings. The number of hydrogen-bond acceptors (Lipinski definition) is 4. The summed E-state index contributed by atoms with van der Waals surface area (Å²) in [6.07, 6.45) is 1.85. The van der Waals surface area contributed by atoms with E-state index in [-0.39, 0.29) is 78.6 Å². The summed E-state index contributed by atoms with van der Waals surface area (Å²) in [6.45, 7) is 27.8. The molecule has 420 valence electrons. The van der Waals surface area contributed by atoms with E-state index in [4.69, 9.17) is 9.72 Å². The molecule has 5 nitrogen and oxygen atoms in total. The maximum absolute atomic E-state index is 15.1. The van der Waals surface area contributed by atoms with Crippen LogP contribution in [0.5, 0.6) is 11.5 Å². The van der Waals surface area contributed by atoms with Gasteiger partial charge in [0.25, 0.3) is 0 Å². The van der Waals surface area contributed by atoms with Crippen LogP contribution in [0.25, 0.3) is 72.1 Å². The molecule has 0 amide bonds. The molecule has 0 atom stereocenters. The minimum Gasteiger partial charge on any atom is -0.509 e. The van der Waals surface area contributed by atoms with Gasteiger partial charge in [-0.3, -0.25) is 0 Å². The third-order valence-corrected chi connectivity index (χ3v) is 15.6. The predicted molar refractivity (Wildman–Crippen MR) is 341 cm³/mol. The van der Waals surface area contributed by atoms with Gasteiger partial charge in [-0.25, -0.2) is 9.37 Å². The van der Waals surface area contributed by atoms with Crippen LogP contribution >= 0.6 is 0 Å². The summed E-state index contributed by atoms with van der Waals surface area (Å²) in [5.74, 6) is 1.07. The summed E-state index contributed by atoms with van der Waals surface area (Å²) in [4.78, 5) is 9.15. The second-order valence-corrected chi connectivity index (χ2v) is 25.7. The molecule has 83 heavy (non-hydrogen) atoms. The summed E-state index contributed by atoms with van der Waals surface area (Å²) in [7, 11) is 0. The zero-order valence-corrected chi connectivity index (χ0v) is 51.5. The van der Waals surface area contributed by atoms with Crippen molar-refractivity contribution in [3.05, 3.63) is 247 Å². The van der Waals surface area contributed by atoms with Crippen LogP contribution in [0, 0.1) is 24.6 Å². The quantitative estimate of drug-likeness (QED) is 0.135. The predicted octanol–water partition coefficient (Wildman–Crippen LogP) is 21.0. The molecule has 0 saturated carbocycles. The molecule has 2 aromatic heterocycles. The minimum atomic E-state index is -0.673. The molecule has 0 N–H and O–H groups in total. The van der Waals surface area contributed by atoms with Gasteiger partial charge >= 0.3 is 0 Å². The van der Waals surface area contributed by atoms with Gasteiger partial charge in [-0.05, 0) is 132 Å². The zero-order valence-electron chi connectivity index (χ0n) is 53.2. The van der Waals surface area contributed by atoms with E-state index >= 15 is 4.39 Å². The van der Waals surface area contributed by atoms with Crippen LogP contribution in [0.3, 0.4) is 0 Å². The summed E-state index contributed by atoms with van der Waals surface area (Å²) >= 11 is 0. The maximum atomic E-state index is 15.1. The number of anilines is 4. The summed E-state index contributed by atoms with van der Waals surface area (Å²) in [6, 6.07) is 63.4. The number of nitrogens with zero attached hydrogens (tertiary/aromatic N) is 4. The van der Waals surface area contributed by atoms with E-state index in [1.165, 1.54) is 23.3 Å². The van der Waals surface area contributed by atoms with Gasteiger partial charge in [0, 0.05) is 72.5 Å². The number of para-hydroxylation sites is 3. The Balaban J connectivity index is 0.00000784. The fraction of sp³-hybridized carbons (Fsp3) is 0.211. The Morgan fingerprint density at radius 2 is 1.06 bits per heavy atom. The number of rotatable bonds is 9. The Morgan fingerprint density at radius 3 is 1.71 bits per heavy atom. The van der Waals surface area contributed by atoms with Crippen LogP contribution in [0.1, 0.15) is 111 Å². The Labute approximate surface area is 510 Å². The van der Waals surface area contributed by atoms with Crippen LogP contribution < -0.4 is 14.5 Å². The average molecular weight is 1270 g/mol. The number of halogens is 1. The van der Waals surface area contributed by atoms with Crippen molar-refractivity contribution in [2.45, 2.75) is 105 Å². The second-order valence-electron chi connectivity index (χ2n) is 25.7. The smallest absolute Gasteiger partial charge is 0.135 e. The molecule has 0 saturated heterocycles. The standard InChI is InChI=1S/C76H70FN4O.Pt/c1-73(2,3)55-30-26-50(27-31-55)52-40-60(46-62(41-52)82-61-34-35-64-63-22-16-17-23-67(63)81(70(64)47-61)71-45-56(36-37-78-71)74(4,5)6)79-48-80(69-25-19-18-24-68(69)79)72-65(51-28-32-59(77)33-29-51)42-53(49-20-14-13-15-21-49)43-66(72)54-38-57(75(7,8)9)44-58(39-54)76(10,11)12;/h13-45,48H,1-12H3;/q-3;/i26D,27D,30D,31D;. The van der Waals surface area contributed by atoms with Crippen LogP contribution in [0.4, 0.5) is 27.1 Å². The molecule has 11 aromatic rings. The van der Waals surface area contributed by atoms with Crippen molar-refractivity contribution >= 4 is 44.6 Å². The van der Waals surface area contributed by atoms with Crippen molar-refractivity contribution in [2.75, 3.05) is 9.80 Å². The first-order valence-electron chi connectivity index (χ1n) is 30.2. The Morgan fingerprint density at radius 1 is 0.470 bits per heavy atom. The van der Waals surface area contributed by atoms with E-state index in [0.717, 1.165) is 83.6 Å². The number of pyridine rings is 1. The van der Waals surface area contributed by atoms with Crippen LogP contribution in [0.15, 0.2) is 200 Å². The van der Waals surface area contributed by atoms with Gasteiger partial charge in [-0.15, -0.1) is 53.6 Å². The second kappa shape index (κ2) is 21.6. The first-order valence-corrected chi connectivity index (χ1v) is 28.2. The summed E-state index contributed by atoms with van der Waals surface area (Å²) < 4.78 is 62.2. The Hall–Kier alpha value is -8.05. The number of ether oxygens (including phenoxy) is 1. The summed E-state index contributed by atoms with van der Waals surface area (Å²) in [5.41, 5.74) is 13.7. The molecule has 1 aliphatic rings. The van der Waals surface area contributed by atoms with Crippen LogP contribution in [-0.2, 0) is 42.7 Å². The van der Waals surface area contributed by atoms with Crippen LogP contribution in [0.2, 0.25) is 0 Å². The Bertz CT molecular complexity index is 4410. The van der Waals surface area contributed by atoms with E-state index in [9.17, 15) is 5.48 Å². The normalized spacial score (nSPS) is 13.6. The van der Waals surface area contributed by atoms with Gasteiger partial charge in [0.2, 0.25) is 0 Å². The van der Waals surface area contributed by atoms with Gasteiger partial charge in [-0.2, -0.15) is 6.07 Å². The molecular formula is C76H70FN4OPt-3. The van der Waals surface area contributed by atoms with Crippen molar-refractivity contribution in [3.63, 3.8) is 0 Å². The third-order valence-electron chi connectivity index (χ3n) is 15.6. The molecular weight excluding hydrogens is 1200 g/mol. The monoisotopic (exact) mass is 1270 g/mol. The molecule has 12 rings (SSSR count). The van der Waals surface area contributed by atoms with E-state index in [1.807, 2.05) is 111 Å². The summed E-state index contributed by atoms with van der Waals surface area (Å²) in [5, 5.41) is 2.01. The van der Waals surface area contributed by atoms with Crippen molar-refractivity contribution in [1.29, 1.82) is 0 Å². The molecule has 7 heteroatoms. The molecule has 9 aromatic carbocycles. The number of fused-ring (bicyclic) bond motifs is 4. The molecule has 3 heterocycles. The largest absolute Gasteiger partial charge is 0.509 e. The molecule has 0 unspecified atom stereocenters. The first-order chi connectivity index (χ1) is 40.7. The topological polar surface area (TPSA) is 33.5 Å². The third kappa shape index (κ3) is 11.2. The average Bonchev–Trinajstić information content (AvgIpc) is 2.62. The molecule has 0 radical (unpaired) electrons. The fourth-order valence-electron chi connectivity index (χ4n) is 10.9. The number of benzene rings is 9. The van der Waals surface area contributed by atoms with Gasteiger partial charge < -0.3 is 19.1 Å². The molecule has 0 spiro atoms. The first kappa shape index (κ1) is 51.8. The van der Waals surface area contributed by atoms with Gasteiger partial charge in [0.1, 0.15) is 11.6 Å². The van der Waals surface area contributed by atoms with Crippen molar-refractivity contribution in [3.8, 4) is 61.8 Å². The van der Waals surface area contributed by atoms with Crippen LogP contribution in [-0.4, -0.2) is 9.55 Å². The Kier molecular flexibility index (Phi) is 13.5. The molecule has 0 bridgehead atoms. The fourth-order valence-corrected chi connectivity index (χ4v) is 10.9. The van der Waals surface area contributed by atoms with Crippen molar-refractivity contribution in [2.24, 2.45) is 0 Å². The number of aromatic nitrogens is 2. The maximum Gasteiger partial charge on any atom is 0.135 e. The van der Waals surface area contributed by atoms with Crippen molar-refractivity contribution in [1.82, 2.24) is 9.55 Å². The van der Waals surface area contributed by atoms with Gasteiger partial charge in [-0.1, -0.05) is 204 Å². The van der Waals surface area contributed by atoms with Gasteiger partial charge in [0.05, 0.1) is 5.48 Å².